The normalized spacial score (nSPS) is 17.9. The molecule has 2 rings (SSSR count). The van der Waals surface area contributed by atoms with Crippen LogP contribution in [0.2, 0.25) is 0 Å². The van der Waals surface area contributed by atoms with Gasteiger partial charge in [-0.15, -0.1) is 0 Å². The van der Waals surface area contributed by atoms with Crippen LogP contribution in [0.25, 0.3) is 0 Å². The molecule has 128 valence electrons. The van der Waals surface area contributed by atoms with E-state index >= 15 is 0 Å². The molecule has 4 nitrogen and oxygen atoms in total. The summed E-state index contributed by atoms with van der Waals surface area (Å²) >= 11 is 1.71. The van der Waals surface area contributed by atoms with Gasteiger partial charge in [0.1, 0.15) is 0 Å². The molecular weight excluding hydrogens is 306 g/mol. The number of hydrogen-bond donors (Lipinski definition) is 2. The van der Waals surface area contributed by atoms with Crippen LogP contribution in [-0.2, 0) is 11.3 Å². The molecule has 0 unspecified atom stereocenters. The van der Waals surface area contributed by atoms with E-state index in [-0.39, 0.29) is 5.91 Å². The Kier molecular flexibility index (Phi) is 7.40. The molecule has 1 aromatic rings. The van der Waals surface area contributed by atoms with Gasteiger partial charge >= 0.3 is 0 Å². The number of anilines is 1. The third kappa shape index (κ3) is 6.16. The van der Waals surface area contributed by atoms with Crippen molar-refractivity contribution in [3.8, 4) is 0 Å². The molecule has 0 radical (unpaired) electrons. The number of amides is 1. The number of nitrogens with two attached hydrogens (primary N) is 1. The van der Waals surface area contributed by atoms with E-state index in [9.17, 15) is 4.79 Å². The maximum atomic E-state index is 12.0. The summed E-state index contributed by atoms with van der Waals surface area (Å²) < 4.78 is 0. The zero-order chi connectivity index (χ0) is 16.7. The van der Waals surface area contributed by atoms with E-state index in [0.717, 1.165) is 23.9 Å². The molecule has 0 aliphatic carbocycles. The van der Waals surface area contributed by atoms with E-state index in [4.69, 9.17) is 5.73 Å². The lowest BCUT2D eigenvalue weighted by molar-refractivity contribution is -0.117. The Balaban J connectivity index is 1.81. The number of rotatable bonds is 7. The summed E-state index contributed by atoms with van der Waals surface area (Å²) in [7, 11) is 0. The van der Waals surface area contributed by atoms with Crippen LogP contribution in [0.4, 0.5) is 5.69 Å². The Bertz CT molecular complexity index is 484. The van der Waals surface area contributed by atoms with Crippen molar-refractivity contribution in [3.63, 3.8) is 0 Å². The van der Waals surface area contributed by atoms with Gasteiger partial charge in [-0.25, -0.2) is 0 Å². The second kappa shape index (κ2) is 9.30. The van der Waals surface area contributed by atoms with Crippen LogP contribution < -0.4 is 11.1 Å². The first-order valence-corrected chi connectivity index (χ1v) is 9.84. The lowest BCUT2D eigenvalue weighted by Gasteiger charge is -2.30. The Hall–Kier alpha value is -1.04. The average molecular weight is 336 g/mol. The average Bonchev–Trinajstić information content (AvgIpc) is 2.56. The lowest BCUT2D eigenvalue weighted by atomic mass is 9.99. The molecule has 0 aromatic heterocycles. The first-order valence-electron chi connectivity index (χ1n) is 8.45. The summed E-state index contributed by atoms with van der Waals surface area (Å²) in [5.41, 5.74) is 8.00. The number of carbonyl (C=O) groups excluding carboxylic acids is 1. The first kappa shape index (κ1) is 18.3. The molecule has 0 spiro atoms. The van der Waals surface area contributed by atoms with Crippen molar-refractivity contribution in [2.24, 2.45) is 11.7 Å². The van der Waals surface area contributed by atoms with E-state index in [1.165, 1.54) is 31.5 Å². The van der Waals surface area contributed by atoms with Gasteiger partial charge in [-0.3, -0.25) is 9.69 Å². The second-order valence-electron chi connectivity index (χ2n) is 6.53. The molecule has 1 atom stereocenters. The number of nitrogens with zero attached hydrogens (tertiary/aromatic N) is 1. The minimum Gasteiger partial charge on any atom is -0.325 e. The highest BCUT2D eigenvalue weighted by Crippen LogP contribution is 2.19. The highest BCUT2D eigenvalue weighted by molar-refractivity contribution is 7.98. The molecule has 1 saturated heterocycles. The number of hydrogen-bond acceptors (Lipinski definition) is 4. The molecule has 23 heavy (non-hydrogen) atoms. The maximum absolute atomic E-state index is 12.0. The SMILES string of the molecule is CSCC[C@H](N)C(=O)Nc1ccc(CN2CCC(C)CC2)cc1. The van der Waals surface area contributed by atoms with Crippen LogP contribution in [0.3, 0.4) is 0 Å². The monoisotopic (exact) mass is 335 g/mol. The highest BCUT2D eigenvalue weighted by Gasteiger charge is 2.16. The predicted octanol–water partition coefficient (Wildman–Crippen LogP) is 2.94. The van der Waals surface area contributed by atoms with Crippen LogP contribution in [-0.4, -0.2) is 41.9 Å². The van der Waals surface area contributed by atoms with Gasteiger partial charge in [0, 0.05) is 12.2 Å². The number of thioether (sulfide) groups is 1. The maximum Gasteiger partial charge on any atom is 0.241 e. The summed E-state index contributed by atoms with van der Waals surface area (Å²) in [6.07, 6.45) is 5.31. The van der Waals surface area contributed by atoms with E-state index in [1.807, 2.05) is 18.4 Å². The number of benzene rings is 1. The molecule has 1 amide bonds. The molecule has 3 N–H and O–H groups in total. The zero-order valence-electron chi connectivity index (χ0n) is 14.3. The van der Waals surface area contributed by atoms with Crippen molar-refractivity contribution >= 4 is 23.4 Å². The Morgan fingerprint density at radius 3 is 2.61 bits per heavy atom. The van der Waals surface area contributed by atoms with E-state index in [1.54, 1.807) is 11.8 Å². The van der Waals surface area contributed by atoms with Crippen molar-refractivity contribution in [3.05, 3.63) is 29.8 Å². The Morgan fingerprint density at radius 2 is 2.00 bits per heavy atom. The van der Waals surface area contributed by atoms with Gasteiger partial charge in [0.25, 0.3) is 0 Å². The third-order valence-corrected chi connectivity index (χ3v) is 5.12. The number of carbonyl (C=O) groups is 1. The molecule has 1 aromatic carbocycles. The molecule has 1 aliphatic rings. The Morgan fingerprint density at radius 1 is 1.35 bits per heavy atom. The zero-order valence-corrected chi connectivity index (χ0v) is 15.1. The number of likely N-dealkylation sites (tertiary alicyclic amines) is 1. The van der Waals surface area contributed by atoms with E-state index < -0.39 is 6.04 Å². The van der Waals surface area contributed by atoms with E-state index in [0.29, 0.717) is 6.42 Å². The van der Waals surface area contributed by atoms with Gasteiger partial charge in [-0.1, -0.05) is 19.1 Å². The summed E-state index contributed by atoms with van der Waals surface area (Å²) in [5.74, 6) is 1.66. The van der Waals surface area contributed by atoms with Crippen LogP contribution in [0.15, 0.2) is 24.3 Å². The second-order valence-corrected chi connectivity index (χ2v) is 7.52. The fraction of sp³-hybridized carbons (Fsp3) is 0.611. The van der Waals surface area contributed by atoms with Gasteiger partial charge in [0.15, 0.2) is 0 Å². The standard InChI is InChI=1S/C18H29N3OS/c1-14-7-10-21(11-8-14)13-15-3-5-16(6-4-15)20-18(22)17(19)9-12-23-2/h3-6,14,17H,7-13,19H2,1-2H3,(H,20,22)/t17-/m0/s1. The van der Waals surface area contributed by atoms with Crippen molar-refractivity contribution in [2.45, 2.75) is 38.8 Å². The van der Waals surface area contributed by atoms with Crippen molar-refractivity contribution in [1.82, 2.24) is 4.90 Å². The van der Waals surface area contributed by atoms with Gasteiger partial charge in [0.2, 0.25) is 5.91 Å². The third-order valence-electron chi connectivity index (χ3n) is 4.47. The quantitative estimate of drug-likeness (QED) is 0.804. The fourth-order valence-electron chi connectivity index (χ4n) is 2.78. The van der Waals surface area contributed by atoms with Crippen LogP contribution >= 0.6 is 11.8 Å². The minimum atomic E-state index is -0.433. The number of nitrogens with one attached hydrogen (secondary N) is 1. The summed E-state index contributed by atoms with van der Waals surface area (Å²) in [4.78, 5) is 14.5. The molecule has 1 heterocycles. The minimum absolute atomic E-state index is 0.100. The van der Waals surface area contributed by atoms with Crippen LogP contribution in [0.1, 0.15) is 31.7 Å². The molecule has 1 fully saturated rings. The topological polar surface area (TPSA) is 58.4 Å². The van der Waals surface area contributed by atoms with Gasteiger partial charge < -0.3 is 11.1 Å². The Labute approximate surface area is 144 Å². The molecular formula is C18H29N3OS. The fourth-order valence-corrected chi connectivity index (χ4v) is 3.27. The summed E-state index contributed by atoms with van der Waals surface area (Å²) in [6.45, 7) is 5.70. The van der Waals surface area contributed by atoms with Crippen LogP contribution in [0, 0.1) is 5.92 Å². The predicted molar refractivity (Wildman–Crippen MR) is 99.7 cm³/mol. The van der Waals surface area contributed by atoms with Crippen molar-refractivity contribution < 1.29 is 4.79 Å². The van der Waals surface area contributed by atoms with Gasteiger partial charge in [-0.05, 0) is 68.0 Å². The van der Waals surface area contributed by atoms with Gasteiger partial charge in [-0.2, -0.15) is 11.8 Å². The summed E-state index contributed by atoms with van der Waals surface area (Å²) in [5, 5.41) is 2.90. The van der Waals surface area contributed by atoms with Crippen molar-refractivity contribution in [2.75, 3.05) is 30.4 Å². The summed E-state index contributed by atoms with van der Waals surface area (Å²) in [6, 6.07) is 7.71. The largest absolute Gasteiger partial charge is 0.325 e. The van der Waals surface area contributed by atoms with E-state index in [2.05, 4.69) is 29.3 Å². The lowest BCUT2D eigenvalue weighted by Crippen LogP contribution is -2.36. The highest BCUT2D eigenvalue weighted by atomic mass is 32.2. The van der Waals surface area contributed by atoms with Crippen LogP contribution in [0.5, 0.6) is 0 Å². The molecule has 5 heteroatoms. The molecule has 0 bridgehead atoms. The molecule has 1 aliphatic heterocycles. The first-order chi connectivity index (χ1) is 11.1. The van der Waals surface area contributed by atoms with Gasteiger partial charge in [0.05, 0.1) is 6.04 Å². The molecule has 0 saturated carbocycles. The number of piperidine rings is 1. The smallest absolute Gasteiger partial charge is 0.241 e. The van der Waals surface area contributed by atoms with Crippen molar-refractivity contribution in [1.29, 1.82) is 0 Å².